The van der Waals surface area contributed by atoms with Crippen molar-refractivity contribution in [1.82, 2.24) is 5.32 Å². The van der Waals surface area contributed by atoms with Gasteiger partial charge >= 0.3 is 0 Å². The van der Waals surface area contributed by atoms with Crippen LogP contribution in [0.4, 0.5) is 0 Å². The van der Waals surface area contributed by atoms with Crippen molar-refractivity contribution in [1.29, 1.82) is 0 Å². The molecule has 0 amide bonds. The Morgan fingerprint density at radius 3 is 2.67 bits per heavy atom. The lowest BCUT2D eigenvalue weighted by Gasteiger charge is -2.42. The van der Waals surface area contributed by atoms with Crippen molar-refractivity contribution in [2.24, 2.45) is 5.92 Å². The summed E-state index contributed by atoms with van der Waals surface area (Å²) in [4.78, 5) is 0. The van der Waals surface area contributed by atoms with E-state index in [2.05, 4.69) is 36.5 Å². The van der Waals surface area contributed by atoms with Gasteiger partial charge in [-0.15, -0.1) is 0 Å². The van der Waals surface area contributed by atoms with Gasteiger partial charge in [0.05, 0.1) is 13.2 Å². The van der Waals surface area contributed by atoms with Crippen molar-refractivity contribution >= 4 is 0 Å². The zero-order chi connectivity index (χ0) is 14.7. The smallest absolute Gasteiger partial charge is 0.170 e. The molecule has 1 aliphatic heterocycles. The van der Waals surface area contributed by atoms with Gasteiger partial charge in [-0.1, -0.05) is 30.3 Å². The van der Waals surface area contributed by atoms with Crippen LogP contribution in [0.1, 0.15) is 37.8 Å². The third kappa shape index (κ3) is 3.29. The second-order valence-corrected chi connectivity index (χ2v) is 6.20. The summed E-state index contributed by atoms with van der Waals surface area (Å²) in [5, 5.41) is 13.3. The lowest BCUT2D eigenvalue weighted by molar-refractivity contribution is -0.190. The van der Waals surface area contributed by atoms with E-state index < -0.39 is 5.79 Å². The molecule has 4 heteroatoms. The molecule has 2 N–H and O–H groups in total. The van der Waals surface area contributed by atoms with Crippen molar-refractivity contribution in [3.63, 3.8) is 0 Å². The van der Waals surface area contributed by atoms with Gasteiger partial charge in [0.2, 0.25) is 0 Å². The first kappa shape index (κ1) is 15.0. The van der Waals surface area contributed by atoms with Gasteiger partial charge in [-0.25, -0.2) is 0 Å². The summed E-state index contributed by atoms with van der Waals surface area (Å²) in [5.74, 6) is -0.144. The first-order chi connectivity index (χ1) is 10.2. The molecule has 1 heterocycles. The number of rotatable bonds is 4. The molecule has 4 nitrogen and oxygen atoms in total. The zero-order valence-electron chi connectivity index (χ0n) is 12.6. The summed E-state index contributed by atoms with van der Waals surface area (Å²) in [7, 11) is 0. The van der Waals surface area contributed by atoms with Crippen molar-refractivity contribution in [3.8, 4) is 0 Å². The molecule has 2 fully saturated rings. The fraction of sp³-hybridized carbons (Fsp3) is 0.647. The third-order valence-electron chi connectivity index (χ3n) is 4.81. The number of ether oxygens (including phenoxy) is 2. The van der Waals surface area contributed by atoms with Gasteiger partial charge in [0.25, 0.3) is 0 Å². The van der Waals surface area contributed by atoms with Crippen LogP contribution in [0.3, 0.4) is 0 Å². The third-order valence-corrected chi connectivity index (χ3v) is 4.81. The number of hydrogen-bond acceptors (Lipinski definition) is 4. The van der Waals surface area contributed by atoms with Crippen molar-refractivity contribution < 1.29 is 14.6 Å². The highest BCUT2D eigenvalue weighted by Gasteiger charge is 2.45. The molecule has 1 spiro atoms. The van der Waals surface area contributed by atoms with Gasteiger partial charge in [0, 0.05) is 31.5 Å². The lowest BCUT2D eigenvalue weighted by Crippen LogP contribution is -2.50. The van der Waals surface area contributed by atoms with Crippen LogP contribution in [-0.2, 0) is 9.47 Å². The fourth-order valence-electron chi connectivity index (χ4n) is 3.54. The summed E-state index contributed by atoms with van der Waals surface area (Å²) in [6.07, 6.45) is 2.64. The number of nitrogens with one attached hydrogen (secondary N) is 1. The van der Waals surface area contributed by atoms with Crippen molar-refractivity contribution in [3.05, 3.63) is 35.9 Å². The van der Waals surface area contributed by atoms with E-state index in [0.29, 0.717) is 13.2 Å². The van der Waals surface area contributed by atoms with Gasteiger partial charge in [-0.3, -0.25) is 0 Å². The van der Waals surface area contributed by atoms with E-state index >= 15 is 0 Å². The molecule has 1 saturated heterocycles. The molecule has 3 atom stereocenters. The molecule has 21 heavy (non-hydrogen) atoms. The molecular formula is C17H25NO3. The van der Waals surface area contributed by atoms with E-state index in [1.807, 2.05) is 6.07 Å². The number of benzene rings is 1. The minimum Gasteiger partial charge on any atom is -0.396 e. The summed E-state index contributed by atoms with van der Waals surface area (Å²) >= 11 is 0. The Morgan fingerprint density at radius 2 is 2.00 bits per heavy atom. The Labute approximate surface area is 126 Å². The lowest BCUT2D eigenvalue weighted by atomic mass is 9.80. The van der Waals surface area contributed by atoms with Gasteiger partial charge in [0.1, 0.15) is 0 Å². The van der Waals surface area contributed by atoms with E-state index in [-0.39, 0.29) is 24.6 Å². The average Bonchev–Trinajstić information content (AvgIpc) is 2.96. The maximum Gasteiger partial charge on any atom is 0.170 e. The zero-order valence-corrected chi connectivity index (χ0v) is 12.6. The first-order valence-corrected chi connectivity index (χ1v) is 7.92. The summed E-state index contributed by atoms with van der Waals surface area (Å²) in [5.41, 5.74) is 1.27. The molecule has 0 bridgehead atoms. The highest BCUT2D eigenvalue weighted by atomic mass is 16.7. The molecule has 1 saturated carbocycles. The second kappa shape index (κ2) is 6.44. The number of aliphatic hydroxyl groups excluding tert-OH is 1. The van der Waals surface area contributed by atoms with Gasteiger partial charge in [-0.05, 0) is 24.8 Å². The Balaban J connectivity index is 1.68. The predicted molar refractivity (Wildman–Crippen MR) is 80.8 cm³/mol. The van der Waals surface area contributed by atoms with Crippen LogP contribution in [0.2, 0.25) is 0 Å². The van der Waals surface area contributed by atoms with Crippen LogP contribution in [0, 0.1) is 5.92 Å². The maximum absolute atomic E-state index is 9.65. The summed E-state index contributed by atoms with van der Waals surface area (Å²) in [6.45, 7) is 3.76. The molecule has 1 aliphatic carbocycles. The summed E-state index contributed by atoms with van der Waals surface area (Å²) < 4.78 is 11.7. The van der Waals surface area contributed by atoms with E-state index in [1.54, 1.807) is 0 Å². The van der Waals surface area contributed by atoms with Crippen LogP contribution >= 0.6 is 0 Å². The van der Waals surface area contributed by atoms with Crippen LogP contribution in [0.15, 0.2) is 30.3 Å². The molecule has 3 rings (SSSR count). The Kier molecular flexibility index (Phi) is 4.60. The van der Waals surface area contributed by atoms with Crippen LogP contribution in [0.5, 0.6) is 0 Å². The Morgan fingerprint density at radius 1 is 1.29 bits per heavy atom. The largest absolute Gasteiger partial charge is 0.396 e. The fourth-order valence-corrected chi connectivity index (χ4v) is 3.54. The SMILES string of the molecule is C[C@@H](N[C@@H]1CC2(CC[C@H]1CO)OCCO2)c1ccccc1. The van der Waals surface area contributed by atoms with E-state index in [4.69, 9.17) is 9.47 Å². The highest BCUT2D eigenvalue weighted by Crippen LogP contribution is 2.39. The summed E-state index contributed by atoms with van der Waals surface area (Å²) in [6, 6.07) is 10.9. The van der Waals surface area contributed by atoms with Crippen molar-refractivity contribution in [2.75, 3.05) is 19.8 Å². The van der Waals surface area contributed by atoms with Crippen molar-refractivity contribution in [2.45, 2.75) is 44.1 Å². The molecule has 0 radical (unpaired) electrons. The van der Waals surface area contributed by atoms with E-state index in [0.717, 1.165) is 19.3 Å². The minimum atomic E-state index is -0.417. The topological polar surface area (TPSA) is 50.7 Å². The van der Waals surface area contributed by atoms with Gasteiger partial charge in [-0.2, -0.15) is 0 Å². The normalized spacial score (nSPS) is 29.6. The quantitative estimate of drug-likeness (QED) is 0.893. The van der Waals surface area contributed by atoms with Crippen LogP contribution in [-0.4, -0.2) is 36.8 Å². The van der Waals surface area contributed by atoms with Gasteiger partial charge in [0.15, 0.2) is 5.79 Å². The molecule has 1 aromatic rings. The van der Waals surface area contributed by atoms with Crippen LogP contribution < -0.4 is 5.32 Å². The highest BCUT2D eigenvalue weighted by molar-refractivity contribution is 5.18. The molecule has 1 aromatic carbocycles. The molecule has 0 aromatic heterocycles. The Hall–Kier alpha value is -0.940. The van der Waals surface area contributed by atoms with Crippen LogP contribution in [0.25, 0.3) is 0 Å². The predicted octanol–water partition coefficient (Wildman–Crippen LogP) is 2.24. The average molecular weight is 291 g/mol. The molecule has 0 unspecified atom stereocenters. The molecular weight excluding hydrogens is 266 g/mol. The number of hydrogen-bond donors (Lipinski definition) is 2. The second-order valence-electron chi connectivity index (χ2n) is 6.20. The standard InChI is InChI=1S/C17H25NO3/c1-13(14-5-3-2-4-6-14)18-16-11-17(20-9-10-21-17)8-7-15(16)12-19/h2-6,13,15-16,18-19H,7-12H2,1H3/t13-,15+,16-/m1/s1. The van der Waals surface area contributed by atoms with E-state index in [1.165, 1.54) is 5.56 Å². The first-order valence-electron chi connectivity index (χ1n) is 7.92. The molecule has 116 valence electrons. The maximum atomic E-state index is 9.65. The molecule has 2 aliphatic rings. The Bertz CT molecular complexity index is 445. The van der Waals surface area contributed by atoms with E-state index in [9.17, 15) is 5.11 Å². The monoisotopic (exact) mass is 291 g/mol. The van der Waals surface area contributed by atoms with Gasteiger partial charge < -0.3 is 19.9 Å². The minimum absolute atomic E-state index is 0.218. The number of aliphatic hydroxyl groups is 1.